The Morgan fingerprint density at radius 3 is 2.68 bits per heavy atom. The SMILES string of the molecule is Cc1nn(Cc2nc3ccccc3s2)c(C)c1S(=O)(=O)N(C)Cc1ccco1. The smallest absolute Gasteiger partial charge is 0.246 e. The Morgan fingerprint density at radius 2 is 1.96 bits per heavy atom. The second-order valence-electron chi connectivity index (χ2n) is 6.57. The Labute approximate surface area is 167 Å². The number of aromatic nitrogens is 3. The molecule has 0 radical (unpaired) electrons. The van der Waals surface area contributed by atoms with Gasteiger partial charge >= 0.3 is 0 Å². The fraction of sp³-hybridized carbons (Fsp3) is 0.263. The third-order valence-electron chi connectivity index (χ3n) is 4.57. The predicted octanol–water partition coefficient (Wildman–Crippen LogP) is 3.57. The summed E-state index contributed by atoms with van der Waals surface area (Å²) in [7, 11) is -2.16. The Balaban J connectivity index is 1.64. The van der Waals surface area contributed by atoms with E-state index in [4.69, 9.17) is 4.42 Å². The van der Waals surface area contributed by atoms with Gasteiger partial charge in [-0.25, -0.2) is 13.4 Å². The highest BCUT2D eigenvalue weighted by atomic mass is 32.2. The fourth-order valence-electron chi connectivity index (χ4n) is 3.19. The van der Waals surface area contributed by atoms with Crippen molar-refractivity contribution in [1.29, 1.82) is 0 Å². The number of hydrogen-bond acceptors (Lipinski definition) is 6. The van der Waals surface area contributed by atoms with Crippen LogP contribution in [0.25, 0.3) is 10.2 Å². The van der Waals surface area contributed by atoms with Gasteiger partial charge in [0.15, 0.2) is 0 Å². The summed E-state index contributed by atoms with van der Waals surface area (Å²) in [6.07, 6.45) is 1.53. The van der Waals surface area contributed by atoms with Crippen LogP contribution in [-0.4, -0.2) is 34.5 Å². The molecular formula is C19H20N4O3S2. The molecule has 146 valence electrons. The van der Waals surface area contributed by atoms with Crippen LogP contribution in [0.2, 0.25) is 0 Å². The molecule has 0 atom stereocenters. The van der Waals surface area contributed by atoms with Gasteiger partial charge in [-0.15, -0.1) is 11.3 Å². The largest absolute Gasteiger partial charge is 0.468 e. The lowest BCUT2D eigenvalue weighted by molar-refractivity contribution is 0.406. The van der Waals surface area contributed by atoms with Crippen LogP contribution in [0.4, 0.5) is 0 Å². The van der Waals surface area contributed by atoms with Gasteiger partial charge in [-0.05, 0) is 38.1 Å². The first-order chi connectivity index (χ1) is 13.4. The highest BCUT2D eigenvalue weighted by Gasteiger charge is 2.29. The monoisotopic (exact) mass is 416 g/mol. The van der Waals surface area contributed by atoms with Gasteiger partial charge in [0.2, 0.25) is 10.0 Å². The number of para-hydroxylation sites is 1. The molecule has 0 saturated carbocycles. The van der Waals surface area contributed by atoms with Gasteiger partial charge in [-0.2, -0.15) is 9.40 Å². The lowest BCUT2D eigenvalue weighted by Crippen LogP contribution is -2.27. The molecule has 0 bridgehead atoms. The molecule has 1 aromatic carbocycles. The van der Waals surface area contributed by atoms with Crippen molar-refractivity contribution in [2.45, 2.75) is 31.8 Å². The molecule has 0 saturated heterocycles. The van der Waals surface area contributed by atoms with E-state index in [-0.39, 0.29) is 11.4 Å². The summed E-state index contributed by atoms with van der Waals surface area (Å²) in [5.41, 5.74) is 2.02. The summed E-state index contributed by atoms with van der Waals surface area (Å²) in [5.74, 6) is 0.586. The molecule has 0 aliphatic rings. The topological polar surface area (TPSA) is 81.2 Å². The van der Waals surface area contributed by atoms with Crippen LogP contribution in [0.1, 0.15) is 22.2 Å². The van der Waals surface area contributed by atoms with Crippen LogP contribution >= 0.6 is 11.3 Å². The van der Waals surface area contributed by atoms with Crippen molar-refractivity contribution in [2.24, 2.45) is 0 Å². The van der Waals surface area contributed by atoms with Crippen molar-refractivity contribution in [3.8, 4) is 0 Å². The quantitative estimate of drug-likeness (QED) is 0.480. The minimum absolute atomic E-state index is 0.164. The number of fused-ring (bicyclic) bond motifs is 1. The minimum Gasteiger partial charge on any atom is -0.468 e. The Kier molecular flexibility index (Phi) is 4.82. The van der Waals surface area contributed by atoms with Gasteiger partial charge in [-0.3, -0.25) is 4.68 Å². The minimum atomic E-state index is -3.70. The maximum atomic E-state index is 13.1. The van der Waals surface area contributed by atoms with Crippen molar-refractivity contribution in [3.05, 3.63) is 64.8 Å². The molecule has 0 amide bonds. The first-order valence-corrected chi connectivity index (χ1v) is 11.0. The van der Waals surface area contributed by atoms with Gasteiger partial charge < -0.3 is 4.42 Å². The van der Waals surface area contributed by atoms with Crippen LogP contribution in [0.3, 0.4) is 0 Å². The molecule has 0 N–H and O–H groups in total. The molecule has 0 fully saturated rings. The van der Waals surface area contributed by atoms with E-state index in [2.05, 4.69) is 10.1 Å². The molecule has 0 spiro atoms. The third-order valence-corrected chi connectivity index (χ3v) is 7.64. The Bertz CT molecular complexity index is 1190. The van der Waals surface area contributed by atoms with Gasteiger partial charge in [0.25, 0.3) is 0 Å². The first kappa shape index (κ1) is 18.9. The highest BCUT2D eigenvalue weighted by Crippen LogP contribution is 2.26. The maximum Gasteiger partial charge on any atom is 0.246 e. The molecule has 9 heteroatoms. The van der Waals surface area contributed by atoms with E-state index in [0.717, 1.165) is 15.2 Å². The summed E-state index contributed by atoms with van der Waals surface area (Å²) in [6, 6.07) is 11.4. The number of nitrogens with zero attached hydrogens (tertiary/aromatic N) is 4. The van der Waals surface area contributed by atoms with Gasteiger partial charge in [0, 0.05) is 7.05 Å². The maximum absolute atomic E-state index is 13.1. The van der Waals surface area contributed by atoms with E-state index in [1.54, 1.807) is 49.0 Å². The third kappa shape index (κ3) is 3.36. The van der Waals surface area contributed by atoms with Crippen molar-refractivity contribution in [2.75, 3.05) is 7.05 Å². The van der Waals surface area contributed by atoms with Gasteiger partial charge in [0.05, 0.1) is 41.0 Å². The van der Waals surface area contributed by atoms with Crippen LogP contribution in [-0.2, 0) is 23.1 Å². The number of rotatable bonds is 6. The number of thiazole rings is 1. The van der Waals surface area contributed by atoms with Crippen molar-refractivity contribution in [1.82, 2.24) is 19.1 Å². The summed E-state index contributed by atoms with van der Waals surface area (Å²) >= 11 is 1.59. The van der Waals surface area contributed by atoms with E-state index in [9.17, 15) is 8.42 Å². The van der Waals surface area contributed by atoms with Crippen molar-refractivity contribution >= 4 is 31.6 Å². The standard InChI is InChI=1S/C19H20N4O3S2/c1-13-19(28(24,25)22(3)11-15-7-6-10-26-15)14(2)23(21-13)12-18-20-16-8-4-5-9-17(16)27-18/h4-10H,11-12H2,1-3H3. The van der Waals surface area contributed by atoms with E-state index in [0.29, 0.717) is 23.7 Å². The number of hydrogen-bond donors (Lipinski definition) is 0. The van der Waals surface area contributed by atoms with Crippen molar-refractivity contribution in [3.63, 3.8) is 0 Å². The van der Waals surface area contributed by atoms with E-state index in [1.807, 2.05) is 24.3 Å². The second-order valence-corrected chi connectivity index (χ2v) is 9.67. The lowest BCUT2D eigenvalue weighted by Gasteiger charge is -2.16. The fourth-order valence-corrected chi connectivity index (χ4v) is 5.64. The second kappa shape index (κ2) is 7.16. The molecule has 0 aliphatic heterocycles. The average molecular weight is 417 g/mol. The lowest BCUT2D eigenvalue weighted by atomic mass is 10.3. The molecule has 0 aliphatic carbocycles. The number of benzene rings is 1. The van der Waals surface area contributed by atoms with Crippen LogP contribution in [0.15, 0.2) is 52.0 Å². The Morgan fingerprint density at radius 1 is 1.18 bits per heavy atom. The zero-order valence-corrected chi connectivity index (χ0v) is 17.4. The normalized spacial score (nSPS) is 12.3. The molecule has 3 heterocycles. The zero-order valence-electron chi connectivity index (χ0n) is 15.8. The van der Waals surface area contributed by atoms with E-state index < -0.39 is 10.0 Å². The number of sulfonamides is 1. The zero-order chi connectivity index (χ0) is 19.9. The molecule has 4 rings (SSSR count). The number of aryl methyl sites for hydroxylation is 1. The van der Waals surface area contributed by atoms with Crippen LogP contribution in [0.5, 0.6) is 0 Å². The molecule has 0 unspecified atom stereocenters. The van der Waals surface area contributed by atoms with Gasteiger partial charge in [-0.1, -0.05) is 12.1 Å². The molecular weight excluding hydrogens is 396 g/mol. The molecule has 7 nitrogen and oxygen atoms in total. The van der Waals surface area contributed by atoms with Crippen molar-refractivity contribution < 1.29 is 12.8 Å². The number of furan rings is 1. The summed E-state index contributed by atoms with van der Waals surface area (Å²) in [4.78, 5) is 4.86. The van der Waals surface area contributed by atoms with Crippen LogP contribution < -0.4 is 0 Å². The van der Waals surface area contributed by atoms with Gasteiger partial charge in [0.1, 0.15) is 15.7 Å². The van der Waals surface area contributed by atoms with E-state index >= 15 is 0 Å². The van der Waals surface area contributed by atoms with E-state index in [1.165, 1.54) is 10.6 Å². The summed E-state index contributed by atoms with van der Waals surface area (Å²) < 4.78 is 35.6. The summed E-state index contributed by atoms with van der Waals surface area (Å²) in [5, 5.41) is 5.36. The predicted molar refractivity (Wildman–Crippen MR) is 108 cm³/mol. The molecule has 28 heavy (non-hydrogen) atoms. The Hall–Kier alpha value is -2.49. The first-order valence-electron chi connectivity index (χ1n) is 8.73. The molecule has 3 aromatic heterocycles. The summed E-state index contributed by atoms with van der Waals surface area (Å²) in [6.45, 7) is 4.09. The molecule has 4 aromatic rings. The van der Waals surface area contributed by atoms with Crippen LogP contribution in [0, 0.1) is 13.8 Å². The highest BCUT2D eigenvalue weighted by molar-refractivity contribution is 7.89. The average Bonchev–Trinajstić information content (AvgIpc) is 3.35.